The quantitative estimate of drug-likeness (QED) is 0.495. The van der Waals surface area contributed by atoms with E-state index in [1.165, 1.54) is 0 Å². The van der Waals surface area contributed by atoms with Crippen LogP contribution in [0, 0.1) is 0 Å². The van der Waals surface area contributed by atoms with Gasteiger partial charge in [-0.15, -0.1) is 0 Å². The van der Waals surface area contributed by atoms with Crippen molar-refractivity contribution in [2.75, 3.05) is 20.1 Å². The highest BCUT2D eigenvalue weighted by Gasteiger charge is 2.07. The molecule has 0 rings (SSSR count). The van der Waals surface area contributed by atoms with Gasteiger partial charge in [0.2, 0.25) is 0 Å². The van der Waals surface area contributed by atoms with E-state index < -0.39 is 0 Å². The monoisotopic (exact) mass is 173 g/mol. The van der Waals surface area contributed by atoms with Crippen LogP contribution in [0.15, 0.2) is 0 Å². The van der Waals surface area contributed by atoms with Crippen LogP contribution in [0.4, 0.5) is 0 Å². The molecule has 3 nitrogen and oxygen atoms in total. The van der Waals surface area contributed by atoms with Gasteiger partial charge < -0.3 is 4.90 Å². The molecule has 2 N–H and O–H groups in total. The molecule has 0 aliphatic heterocycles. The van der Waals surface area contributed by atoms with Crippen molar-refractivity contribution in [2.45, 2.75) is 39.8 Å². The Balaban J connectivity index is 3.54. The van der Waals surface area contributed by atoms with Gasteiger partial charge in [-0.3, -0.25) is 5.84 Å². The number of hydrogen-bond donors (Lipinski definition) is 1. The van der Waals surface area contributed by atoms with Gasteiger partial charge in [0.15, 0.2) is 0 Å². The zero-order valence-electron chi connectivity index (χ0n) is 9.04. The van der Waals surface area contributed by atoms with E-state index in [1.54, 1.807) is 0 Å². The van der Waals surface area contributed by atoms with Gasteiger partial charge in [0.1, 0.15) is 0 Å². The molecule has 0 aliphatic carbocycles. The number of hydrogen-bond acceptors (Lipinski definition) is 3. The summed E-state index contributed by atoms with van der Waals surface area (Å²) in [7, 11) is 2.12. The first-order chi connectivity index (χ1) is 5.45. The van der Waals surface area contributed by atoms with Crippen molar-refractivity contribution in [2.24, 2.45) is 5.84 Å². The van der Waals surface area contributed by atoms with Crippen molar-refractivity contribution >= 4 is 0 Å². The maximum atomic E-state index is 5.77. The van der Waals surface area contributed by atoms with Crippen molar-refractivity contribution in [1.29, 1.82) is 0 Å². The molecular weight excluding hydrogens is 150 g/mol. The first-order valence-electron chi connectivity index (χ1n) is 4.66. The standard InChI is InChI=1S/C9H23N3/c1-8(2)11(5)6-7-12(10)9(3)4/h8-9H,6-7,10H2,1-5H3. The van der Waals surface area contributed by atoms with Crippen LogP contribution < -0.4 is 5.84 Å². The van der Waals surface area contributed by atoms with Crippen LogP contribution in [0.1, 0.15) is 27.7 Å². The predicted molar refractivity (Wildman–Crippen MR) is 53.8 cm³/mol. The van der Waals surface area contributed by atoms with E-state index in [4.69, 9.17) is 5.84 Å². The van der Waals surface area contributed by atoms with Gasteiger partial charge in [0.25, 0.3) is 0 Å². The Hall–Kier alpha value is -0.120. The summed E-state index contributed by atoms with van der Waals surface area (Å²) in [6.45, 7) is 10.6. The molecule has 0 saturated heterocycles. The van der Waals surface area contributed by atoms with E-state index in [1.807, 2.05) is 5.01 Å². The lowest BCUT2D eigenvalue weighted by Gasteiger charge is -2.26. The Morgan fingerprint density at radius 1 is 1.00 bits per heavy atom. The minimum atomic E-state index is 0.436. The van der Waals surface area contributed by atoms with Crippen molar-refractivity contribution in [1.82, 2.24) is 9.91 Å². The Morgan fingerprint density at radius 2 is 1.50 bits per heavy atom. The average Bonchev–Trinajstić information content (AvgIpc) is 1.98. The Kier molecular flexibility index (Phi) is 5.46. The third-order valence-corrected chi connectivity index (χ3v) is 2.26. The molecule has 0 heterocycles. The lowest BCUT2D eigenvalue weighted by Crippen LogP contribution is -2.43. The molecule has 74 valence electrons. The van der Waals surface area contributed by atoms with Crippen LogP contribution in [-0.4, -0.2) is 42.1 Å². The Morgan fingerprint density at radius 3 is 1.83 bits per heavy atom. The SMILES string of the molecule is CC(C)N(C)CCN(N)C(C)C. The molecule has 0 aromatic carbocycles. The van der Waals surface area contributed by atoms with E-state index in [0.717, 1.165) is 13.1 Å². The predicted octanol–water partition coefficient (Wildman–Crippen LogP) is 0.911. The molecule has 0 radical (unpaired) electrons. The van der Waals surface area contributed by atoms with Gasteiger partial charge in [-0.2, -0.15) is 0 Å². The zero-order valence-corrected chi connectivity index (χ0v) is 9.04. The minimum absolute atomic E-state index is 0.436. The Bertz CT molecular complexity index is 98.3. The van der Waals surface area contributed by atoms with Crippen LogP contribution >= 0.6 is 0 Å². The highest BCUT2D eigenvalue weighted by atomic mass is 15.4. The number of nitrogens with zero attached hydrogens (tertiary/aromatic N) is 2. The fourth-order valence-corrected chi connectivity index (χ4v) is 0.790. The lowest BCUT2D eigenvalue weighted by atomic mass is 10.3. The highest BCUT2D eigenvalue weighted by Crippen LogP contribution is 1.95. The molecule has 0 aliphatic rings. The van der Waals surface area contributed by atoms with Crippen LogP contribution in [0.25, 0.3) is 0 Å². The summed E-state index contributed by atoms with van der Waals surface area (Å²) in [5.74, 6) is 5.77. The molecule has 12 heavy (non-hydrogen) atoms. The zero-order chi connectivity index (χ0) is 9.72. The van der Waals surface area contributed by atoms with Crippen LogP contribution in [0.2, 0.25) is 0 Å². The van der Waals surface area contributed by atoms with Gasteiger partial charge in [-0.1, -0.05) is 0 Å². The molecule has 0 aromatic heterocycles. The highest BCUT2D eigenvalue weighted by molar-refractivity contribution is 4.61. The number of rotatable bonds is 5. The van der Waals surface area contributed by atoms with E-state index in [2.05, 4.69) is 39.6 Å². The average molecular weight is 173 g/mol. The van der Waals surface area contributed by atoms with Gasteiger partial charge in [-0.25, -0.2) is 5.01 Å². The van der Waals surface area contributed by atoms with Crippen molar-refractivity contribution < 1.29 is 0 Å². The van der Waals surface area contributed by atoms with E-state index in [-0.39, 0.29) is 0 Å². The number of nitrogens with two attached hydrogens (primary N) is 1. The second-order valence-corrected chi connectivity index (χ2v) is 3.91. The number of hydrazine groups is 1. The molecule has 0 fully saturated rings. The maximum absolute atomic E-state index is 5.77. The van der Waals surface area contributed by atoms with E-state index in [9.17, 15) is 0 Å². The molecule has 0 amide bonds. The molecule has 0 spiro atoms. The van der Waals surface area contributed by atoms with Crippen LogP contribution in [0.3, 0.4) is 0 Å². The third kappa shape index (κ3) is 4.70. The lowest BCUT2D eigenvalue weighted by molar-refractivity contribution is 0.177. The normalized spacial score (nSPS) is 12.5. The van der Waals surface area contributed by atoms with Crippen molar-refractivity contribution in [3.63, 3.8) is 0 Å². The summed E-state index contributed by atoms with van der Waals surface area (Å²) in [5.41, 5.74) is 0. The van der Waals surface area contributed by atoms with Gasteiger partial charge >= 0.3 is 0 Å². The maximum Gasteiger partial charge on any atom is 0.0259 e. The fraction of sp³-hybridized carbons (Fsp3) is 1.00. The van der Waals surface area contributed by atoms with Crippen LogP contribution in [0.5, 0.6) is 0 Å². The van der Waals surface area contributed by atoms with Crippen molar-refractivity contribution in [3.8, 4) is 0 Å². The molecule has 3 heteroatoms. The Labute approximate surface area is 76.5 Å². The summed E-state index contributed by atoms with van der Waals surface area (Å²) in [5, 5.41) is 1.87. The fourth-order valence-electron chi connectivity index (χ4n) is 0.790. The summed E-state index contributed by atoms with van der Waals surface area (Å²) in [6.07, 6.45) is 0. The summed E-state index contributed by atoms with van der Waals surface area (Å²) in [4.78, 5) is 2.29. The van der Waals surface area contributed by atoms with E-state index >= 15 is 0 Å². The largest absolute Gasteiger partial charge is 0.303 e. The first kappa shape index (κ1) is 11.9. The molecule has 0 aromatic rings. The molecule has 0 bridgehead atoms. The summed E-state index contributed by atoms with van der Waals surface area (Å²) < 4.78 is 0. The van der Waals surface area contributed by atoms with Gasteiger partial charge in [0, 0.05) is 25.2 Å². The minimum Gasteiger partial charge on any atom is -0.303 e. The summed E-state index contributed by atoms with van der Waals surface area (Å²) in [6, 6.07) is 1.04. The molecule has 0 saturated carbocycles. The van der Waals surface area contributed by atoms with Gasteiger partial charge in [0.05, 0.1) is 0 Å². The second kappa shape index (κ2) is 5.51. The molecule has 0 unspecified atom stereocenters. The van der Waals surface area contributed by atoms with Crippen molar-refractivity contribution in [3.05, 3.63) is 0 Å². The van der Waals surface area contributed by atoms with Gasteiger partial charge in [-0.05, 0) is 34.7 Å². The second-order valence-electron chi connectivity index (χ2n) is 3.91. The topological polar surface area (TPSA) is 32.5 Å². The van der Waals surface area contributed by atoms with E-state index in [0.29, 0.717) is 12.1 Å². The van der Waals surface area contributed by atoms with Crippen LogP contribution in [-0.2, 0) is 0 Å². The smallest absolute Gasteiger partial charge is 0.0259 e. The first-order valence-corrected chi connectivity index (χ1v) is 4.66. The summed E-state index contributed by atoms with van der Waals surface area (Å²) >= 11 is 0. The molecular formula is C9H23N3. The number of likely N-dealkylation sites (N-methyl/N-ethyl adjacent to an activating group) is 1. The third-order valence-electron chi connectivity index (χ3n) is 2.26. The molecule has 0 atom stereocenters.